The second kappa shape index (κ2) is 12.3. The van der Waals surface area contributed by atoms with E-state index in [9.17, 15) is 9.59 Å². The zero-order valence-electron chi connectivity index (χ0n) is 20.2. The van der Waals surface area contributed by atoms with E-state index in [2.05, 4.69) is 4.99 Å². The van der Waals surface area contributed by atoms with Gasteiger partial charge in [-0.15, -0.1) is 0 Å². The zero-order chi connectivity index (χ0) is 26.4. The number of rotatable bonds is 8. The number of hydrogen-bond donors (Lipinski definition) is 0. The molecule has 0 aliphatic carbocycles. The zero-order valence-corrected chi connectivity index (χ0v) is 22.6. The second-order valence-electron chi connectivity index (χ2n) is 7.89. The highest BCUT2D eigenvalue weighted by Crippen LogP contribution is 2.36. The Morgan fingerprint density at radius 3 is 2.62 bits per heavy atom. The minimum absolute atomic E-state index is 0.150. The van der Waals surface area contributed by atoms with Crippen LogP contribution in [-0.4, -0.2) is 35.1 Å². The fourth-order valence-electron chi connectivity index (χ4n) is 3.56. The molecule has 1 amide bonds. The number of likely N-dealkylation sites (N-methyl/N-ethyl adjacent to an activating group) is 1. The van der Waals surface area contributed by atoms with E-state index in [1.54, 1.807) is 54.3 Å². The van der Waals surface area contributed by atoms with Crippen molar-refractivity contribution in [2.75, 3.05) is 13.2 Å². The molecule has 0 saturated carbocycles. The van der Waals surface area contributed by atoms with Crippen LogP contribution in [0, 0.1) is 0 Å². The predicted octanol–water partition coefficient (Wildman–Crippen LogP) is 7.37. The Morgan fingerprint density at radius 1 is 1.05 bits per heavy atom. The number of aliphatic imine (C=N–C) groups is 1. The second-order valence-corrected chi connectivity index (χ2v) is 9.74. The van der Waals surface area contributed by atoms with Crippen LogP contribution in [0.1, 0.15) is 35.3 Å². The van der Waals surface area contributed by atoms with Gasteiger partial charge in [-0.05, 0) is 68.1 Å². The molecule has 1 heterocycles. The molecule has 0 unspecified atom stereocenters. The molecular formula is C28H24Cl2N2O4S. The highest BCUT2D eigenvalue weighted by Gasteiger charge is 2.32. The van der Waals surface area contributed by atoms with Crippen molar-refractivity contribution in [3.05, 3.63) is 98.4 Å². The maximum Gasteiger partial charge on any atom is 0.338 e. The average molecular weight is 555 g/mol. The van der Waals surface area contributed by atoms with Gasteiger partial charge in [0.1, 0.15) is 12.4 Å². The number of para-hydroxylation sites is 1. The highest BCUT2D eigenvalue weighted by molar-refractivity contribution is 8.18. The molecule has 0 bridgehead atoms. The molecule has 0 atom stereocenters. The number of ether oxygens (including phenoxy) is 2. The number of nitrogens with zero attached hydrogens (tertiary/aromatic N) is 2. The fourth-order valence-corrected chi connectivity index (χ4v) is 5.08. The van der Waals surface area contributed by atoms with Crippen LogP contribution in [0.3, 0.4) is 0 Å². The first-order valence-electron chi connectivity index (χ1n) is 11.6. The first-order chi connectivity index (χ1) is 17.9. The van der Waals surface area contributed by atoms with Crippen LogP contribution in [0.25, 0.3) is 6.08 Å². The smallest absolute Gasteiger partial charge is 0.338 e. The number of esters is 1. The summed E-state index contributed by atoms with van der Waals surface area (Å²) in [6.07, 6.45) is 1.80. The van der Waals surface area contributed by atoms with Gasteiger partial charge in [-0.1, -0.05) is 53.5 Å². The summed E-state index contributed by atoms with van der Waals surface area (Å²) in [5.41, 5.74) is 2.52. The molecule has 3 aromatic rings. The first kappa shape index (κ1) is 26.8. The summed E-state index contributed by atoms with van der Waals surface area (Å²) in [4.78, 5) is 32.0. The van der Waals surface area contributed by atoms with Crippen LogP contribution in [0.5, 0.6) is 5.75 Å². The van der Waals surface area contributed by atoms with Gasteiger partial charge in [0.15, 0.2) is 5.17 Å². The van der Waals surface area contributed by atoms with Crippen molar-refractivity contribution >= 4 is 63.8 Å². The summed E-state index contributed by atoms with van der Waals surface area (Å²) in [7, 11) is 0. The summed E-state index contributed by atoms with van der Waals surface area (Å²) in [6.45, 7) is 4.64. The molecule has 9 heteroatoms. The Balaban J connectivity index is 1.58. The maximum absolute atomic E-state index is 13.2. The Hall–Kier alpha value is -3.26. The molecule has 1 aliphatic heterocycles. The van der Waals surface area contributed by atoms with Crippen LogP contribution >= 0.6 is 35.0 Å². The van der Waals surface area contributed by atoms with E-state index in [1.807, 2.05) is 37.3 Å². The van der Waals surface area contributed by atoms with Crippen molar-refractivity contribution in [3.63, 3.8) is 0 Å². The van der Waals surface area contributed by atoms with Crippen molar-refractivity contribution in [3.8, 4) is 5.75 Å². The SMILES string of the molecule is CCOC(=O)c1cccc(N=C2SC(=Cc3ccccc3OCc3ccc(Cl)cc3Cl)C(=O)N2CC)c1. The highest BCUT2D eigenvalue weighted by atomic mass is 35.5. The number of amidine groups is 1. The van der Waals surface area contributed by atoms with Gasteiger partial charge in [-0.3, -0.25) is 9.69 Å². The van der Waals surface area contributed by atoms with E-state index in [-0.39, 0.29) is 19.1 Å². The third kappa shape index (κ3) is 6.55. The minimum atomic E-state index is -0.413. The number of carbonyl (C=O) groups excluding carboxylic acids is 2. The molecular weight excluding hydrogens is 531 g/mol. The quantitative estimate of drug-likeness (QED) is 0.214. The molecule has 0 spiro atoms. The lowest BCUT2D eigenvalue weighted by Crippen LogP contribution is -2.28. The van der Waals surface area contributed by atoms with Crippen molar-refractivity contribution in [2.24, 2.45) is 4.99 Å². The molecule has 0 N–H and O–H groups in total. The monoisotopic (exact) mass is 554 g/mol. The number of amides is 1. The van der Waals surface area contributed by atoms with E-state index in [1.165, 1.54) is 11.8 Å². The fraction of sp³-hybridized carbons (Fsp3) is 0.179. The lowest BCUT2D eigenvalue weighted by molar-refractivity contribution is -0.122. The lowest BCUT2D eigenvalue weighted by atomic mass is 10.1. The van der Waals surface area contributed by atoms with Crippen molar-refractivity contribution in [1.29, 1.82) is 0 Å². The van der Waals surface area contributed by atoms with Gasteiger partial charge in [0, 0.05) is 27.7 Å². The van der Waals surface area contributed by atoms with Gasteiger partial charge < -0.3 is 9.47 Å². The molecule has 1 fully saturated rings. The Morgan fingerprint density at radius 2 is 1.86 bits per heavy atom. The molecule has 37 heavy (non-hydrogen) atoms. The third-order valence-corrected chi connectivity index (χ3v) is 6.98. The Bertz CT molecular complexity index is 1390. The van der Waals surface area contributed by atoms with Crippen LogP contribution in [0.2, 0.25) is 10.0 Å². The van der Waals surface area contributed by atoms with E-state index in [0.29, 0.717) is 43.7 Å². The number of halogens is 2. The Kier molecular flexibility index (Phi) is 8.92. The van der Waals surface area contributed by atoms with Gasteiger partial charge in [0.2, 0.25) is 0 Å². The maximum atomic E-state index is 13.2. The molecule has 6 nitrogen and oxygen atoms in total. The van der Waals surface area contributed by atoms with Crippen molar-refractivity contribution < 1.29 is 19.1 Å². The van der Waals surface area contributed by atoms with Crippen LogP contribution in [0.4, 0.5) is 5.69 Å². The van der Waals surface area contributed by atoms with E-state index >= 15 is 0 Å². The van der Waals surface area contributed by atoms with E-state index < -0.39 is 5.97 Å². The summed E-state index contributed by atoms with van der Waals surface area (Å²) in [5.74, 6) is 0.0532. The van der Waals surface area contributed by atoms with E-state index in [4.69, 9.17) is 32.7 Å². The van der Waals surface area contributed by atoms with Crippen molar-refractivity contribution in [2.45, 2.75) is 20.5 Å². The summed E-state index contributed by atoms with van der Waals surface area (Å²) in [6, 6.07) is 19.6. The molecule has 1 aliphatic rings. The standard InChI is InChI=1S/C28H24Cl2N2O4S/c1-3-32-26(33)25(37-28(32)31-22-10-7-9-19(14-22)27(34)35-4-2)15-18-8-5-6-11-24(18)36-17-20-12-13-21(29)16-23(20)30/h5-16H,3-4,17H2,1-2H3. The predicted molar refractivity (Wildman–Crippen MR) is 150 cm³/mol. The largest absolute Gasteiger partial charge is 0.488 e. The number of carbonyl (C=O) groups is 2. The van der Waals surface area contributed by atoms with Gasteiger partial charge in [-0.25, -0.2) is 9.79 Å². The molecule has 190 valence electrons. The summed E-state index contributed by atoms with van der Waals surface area (Å²) < 4.78 is 11.1. The van der Waals surface area contributed by atoms with Crippen LogP contribution in [0.15, 0.2) is 76.6 Å². The average Bonchev–Trinajstić information content (AvgIpc) is 3.18. The Labute approximate surface area is 229 Å². The van der Waals surface area contributed by atoms with Gasteiger partial charge >= 0.3 is 5.97 Å². The molecule has 4 rings (SSSR count). The van der Waals surface area contributed by atoms with E-state index in [0.717, 1.165) is 11.1 Å². The topological polar surface area (TPSA) is 68.2 Å². The summed E-state index contributed by atoms with van der Waals surface area (Å²) in [5, 5.41) is 1.61. The molecule has 3 aromatic carbocycles. The van der Waals surface area contributed by atoms with Gasteiger partial charge in [0.05, 0.1) is 22.8 Å². The van der Waals surface area contributed by atoms with Crippen LogP contribution in [-0.2, 0) is 16.1 Å². The number of thioether (sulfide) groups is 1. The number of benzene rings is 3. The molecule has 0 radical (unpaired) electrons. The lowest BCUT2D eigenvalue weighted by Gasteiger charge is -2.12. The van der Waals surface area contributed by atoms with Crippen molar-refractivity contribution in [1.82, 2.24) is 4.90 Å². The van der Waals surface area contributed by atoms with Crippen LogP contribution < -0.4 is 4.74 Å². The number of hydrogen-bond acceptors (Lipinski definition) is 6. The molecule has 0 aromatic heterocycles. The normalized spacial score (nSPS) is 15.5. The van der Waals surface area contributed by atoms with Gasteiger partial charge in [-0.2, -0.15) is 0 Å². The minimum Gasteiger partial charge on any atom is -0.488 e. The van der Waals surface area contributed by atoms with Gasteiger partial charge in [0.25, 0.3) is 5.91 Å². The summed E-state index contributed by atoms with van der Waals surface area (Å²) >= 11 is 13.5. The third-order valence-electron chi connectivity index (χ3n) is 5.39. The molecule has 1 saturated heterocycles. The first-order valence-corrected chi connectivity index (χ1v) is 13.2.